The first-order chi connectivity index (χ1) is 15.0. The average Bonchev–Trinajstić information content (AvgIpc) is 3.18. The summed E-state index contributed by atoms with van der Waals surface area (Å²) in [6, 6.07) is 31.4. The summed E-state index contributed by atoms with van der Waals surface area (Å²) in [7, 11) is -2.29. The van der Waals surface area contributed by atoms with Crippen LogP contribution in [0.4, 0.5) is 0 Å². The van der Waals surface area contributed by atoms with Crippen molar-refractivity contribution in [3.8, 4) is 11.1 Å². The number of hydrogen-bond acceptors (Lipinski definition) is 2. The predicted octanol–water partition coefficient (Wildman–Crippen LogP) is 7.81. The highest BCUT2D eigenvalue weighted by Crippen LogP contribution is 2.43. The van der Waals surface area contributed by atoms with Crippen molar-refractivity contribution < 1.29 is 8.98 Å². The summed E-state index contributed by atoms with van der Waals surface area (Å²) >= 11 is 0. The second-order valence-electron chi connectivity index (χ2n) is 8.51. The van der Waals surface area contributed by atoms with Gasteiger partial charge in [-0.25, -0.2) is 0 Å². The van der Waals surface area contributed by atoms with Crippen LogP contribution < -0.4 is 5.30 Å². The fourth-order valence-corrected chi connectivity index (χ4v) is 5.47. The SMILES string of the molecule is CP(C)(=O)c1ccc(-c2cc3ccccc3c3c2oc2ccc4ccccc4c23)cc1. The summed E-state index contributed by atoms with van der Waals surface area (Å²) in [6.45, 7) is 3.61. The van der Waals surface area contributed by atoms with E-state index in [4.69, 9.17) is 4.42 Å². The Balaban J connectivity index is 1.77. The average molecular weight is 420 g/mol. The molecule has 0 aliphatic carbocycles. The second-order valence-corrected chi connectivity index (χ2v) is 11.7. The van der Waals surface area contributed by atoms with E-state index in [2.05, 4.69) is 78.9 Å². The summed E-state index contributed by atoms with van der Waals surface area (Å²) in [5, 5.41) is 7.99. The molecule has 6 aromatic rings. The molecule has 0 amide bonds. The summed E-state index contributed by atoms with van der Waals surface area (Å²) in [5.74, 6) is 0. The highest BCUT2D eigenvalue weighted by atomic mass is 31.2. The third-order valence-electron chi connectivity index (χ3n) is 6.15. The minimum absolute atomic E-state index is 0.892. The summed E-state index contributed by atoms with van der Waals surface area (Å²) < 4.78 is 19.0. The van der Waals surface area contributed by atoms with E-state index in [0.717, 1.165) is 38.4 Å². The highest BCUT2D eigenvalue weighted by Gasteiger charge is 2.18. The fourth-order valence-electron chi connectivity index (χ4n) is 4.60. The lowest BCUT2D eigenvalue weighted by atomic mass is 9.95. The lowest BCUT2D eigenvalue weighted by Gasteiger charge is -2.10. The van der Waals surface area contributed by atoms with Gasteiger partial charge in [0.1, 0.15) is 18.3 Å². The van der Waals surface area contributed by atoms with E-state index in [9.17, 15) is 4.57 Å². The minimum atomic E-state index is -2.29. The van der Waals surface area contributed by atoms with Crippen LogP contribution in [0.5, 0.6) is 0 Å². The molecule has 6 rings (SSSR count). The molecule has 0 saturated heterocycles. The Labute approximate surface area is 180 Å². The molecule has 0 bridgehead atoms. The summed E-state index contributed by atoms with van der Waals surface area (Å²) in [6.07, 6.45) is 0. The van der Waals surface area contributed by atoms with Crippen molar-refractivity contribution in [2.24, 2.45) is 0 Å². The second kappa shape index (κ2) is 6.57. The molecule has 0 saturated carbocycles. The Morgan fingerprint density at radius 2 is 1.32 bits per heavy atom. The van der Waals surface area contributed by atoms with Crippen LogP contribution in [0.2, 0.25) is 0 Å². The van der Waals surface area contributed by atoms with Gasteiger partial charge in [0.05, 0.1) is 0 Å². The van der Waals surface area contributed by atoms with Gasteiger partial charge in [0.15, 0.2) is 0 Å². The molecule has 0 aliphatic heterocycles. The highest BCUT2D eigenvalue weighted by molar-refractivity contribution is 7.70. The van der Waals surface area contributed by atoms with Gasteiger partial charge in [-0.1, -0.05) is 78.9 Å². The third-order valence-corrected chi connectivity index (χ3v) is 7.70. The molecule has 0 aliphatic rings. The lowest BCUT2D eigenvalue weighted by Crippen LogP contribution is -2.01. The van der Waals surface area contributed by atoms with Gasteiger partial charge < -0.3 is 8.98 Å². The van der Waals surface area contributed by atoms with Crippen LogP contribution in [-0.2, 0) is 4.57 Å². The number of fused-ring (bicyclic) bond motifs is 7. The minimum Gasteiger partial charge on any atom is -0.455 e. The molecule has 0 spiro atoms. The molecule has 0 unspecified atom stereocenters. The normalized spacial score (nSPS) is 12.3. The zero-order chi connectivity index (χ0) is 21.2. The van der Waals surface area contributed by atoms with Gasteiger partial charge in [0.25, 0.3) is 0 Å². The number of rotatable bonds is 2. The van der Waals surface area contributed by atoms with Gasteiger partial charge in [0, 0.05) is 21.6 Å². The maximum atomic E-state index is 12.5. The quantitative estimate of drug-likeness (QED) is 0.267. The Bertz CT molecular complexity index is 1670. The van der Waals surface area contributed by atoms with Crippen molar-refractivity contribution in [2.75, 3.05) is 13.3 Å². The molecule has 3 heteroatoms. The van der Waals surface area contributed by atoms with Gasteiger partial charge >= 0.3 is 0 Å². The van der Waals surface area contributed by atoms with Crippen LogP contribution in [-0.4, -0.2) is 13.3 Å². The van der Waals surface area contributed by atoms with Gasteiger partial charge in [-0.2, -0.15) is 0 Å². The third kappa shape index (κ3) is 2.83. The Morgan fingerprint density at radius 1 is 0.677 bits per heavy atom. The molecule has 31 heavy (non-hydrogen) atoms. The van der Waals surface area contributed by atoms with E-state index in [1.807, 2.05) is 12.1 Å². The van der Waals surface area contributed by atoms with E-state index < -0.39 is 7.14 Å². The zero-order valence-electron chi connectivity index (χ0n) is 17.4. The topological polar surface area (TPSA) is 30.2 Å². The molecule has 0 fully saturated rings. The van der Waals surface area contributed by atoms with Gasteiger partial charge in [-0.15, -0.1) is 0 Å². The van der Waals surface area contributed by atoms with Crippen LogP contribution in [0.25, 0.3) is 54.6 Å². The van der Waals surface area contributed by atoms with E-state index in [1.165, 1.54) is 21.5 Å². The smallest absolute Gasteiger partial charge is 0.143 e. The zero-order valence-corrected chi connectivity index (χ0v) is 18.3. The van der Waals surface area contributed by atoms with Crippen LogP contribution in [0.3, 0.4) is 0 Å². The maximum Gasteiger partial charge on any atom is 0.143 e. The van der Waals surface area contributed by atoms with Gasteiger partial charge in [-0.05, 0) is 52.6 Å². The van der Waals surface area contributed by atoms with E-state index in [0.29, 0.717) is 0 Å². The Kier molecular flexibility index (Phi) is 3.91. The molecule has 1 heterocycles. The van der Waals surface area contributed by atoms with Crippen LogP contribution >= 0.6 is 7.14 Å². The summed E-state index contributed by atoms with van der Waals surface area (Å²) in [4.78, 5) is 0. The van der Waals surface area contributed by atoms with Crippen LogP contribution in [0, 0.1) is 0 Å². The largest absolute Gasteiger partial charge is 0.455 e. The predicted molar refractivity (Wildman–Crippen MR) is 133 cm³/mol. The Hall–Kier alpha value is -3.35. The van der Waals surface area contributed by atoms with Crippen molar-refractivity contribution in [3.63, 3.8) is 0 Å². The van der Waals surface area contributed by atoms with Gasteiger partial charge in [-0.3, -0.25) is 0 Å². The molecule has 0 radical (unpaired) electrons. The maximum absolute atomic E-state index is 12.5. The number of furan rings is 1. The first-order valence-electron chi connectivity index (χ1n) is 10.4. The van der Waals surface area contributed by atoms with Crippen LogP contribution in [0.15, 0.2) is 95.4 Å². The Morgan fingerprint density at radius 3 is 2.03 bits per heavy atom. The molecule has 0 atom stereocenters. The molecular formula is C28H21O2P. The molecule has 0 N–H and O–H groups in total. The molecule has 5 aromatic carbocycles. The molecule has 1 aromatic heterocycles. The van der Waals surface area contributed by atoms with Crippen molar-refractivity contribution in [1.29, 1.82) is 0 Å². The monoisotopic (exact) mass is 420 g/mol. The van der Waals surface area contributed by atoms with E-state index in [-0.39, 0.29) is 0 Å². The standard InChI is InChI=1S/C28H21O2P/c1-31(2,29)21-14-11-19(12-15-21)24-17-20-8-4-6-10-23(20)27-26-22-9-5-3-7-18(22)13-16-25(26)30-28(24)27/h3-17H,1-2H3. The molecule has 2 nitrogen and oxygen atoms in total. The lowest BCUT2D eigenvalue weighted by molar-refractivity contribution is 0.588. The van der Waals surface area contributed by atoms with Crippen molar-refractivity contribution in [2.45, 2.75) is 0 Å². The van der Waals surface area contributed by atoms with Crippen molar-refractivity contribution in [1.82, 2.24) is 0 Å². The van der Waals surface area contributed by atoms with Crippen LogP contribution in [0.1, 0.15) is 0 Å². The summed E-state index contributed by atoms with van der Waals surface area (Å²) in [5.41, 5.74) is 3.92. The van der Waals surface area contributed by atoms with Crippen molar-refractivity contribution in [3.05, 3.63) is 91.0 Å². The first-order valence-corrected chi connectivity index (χ1v) is 13.0. The van der Waals surface area contributed by atoms with Crippen molar-refractivity contribution >= 4 is 55.9 Å². The fraction of sp³-hybridized carbons (Fsp3) is 0.0714. The molecular weight excluding hydrogens is 399 g/mol. The first kappa shape index (κ1) is 18.4. The molecule has 150 valence electrons. The van der Waals surface area contributed by atoms with E-state index in [1.54, 1.807) is 13.3 Å². The number of benzene rings is 5. The number of hydrogen-bond donors (Lipinski definition) is 0. The van der Waals surface area contributed by atoms with Gasteiger partial charge in [0.2, 0.25) is 0 Å². The van der Waals surface area contributed by atoms with E-state index >= 15 is 0 Å².